The molecule has 0 aromatic carbocycles. The third-order valence-electron chi connectivity index (χ3n) is 3.99. The molecule has 0 atom stereocenters. The van der Waals surface area contributed by atoms with Crippen LogP contribution < -0.4 is 5.56 Å². The van der Waals surface area contributed by atoms with Gasteiger partial charge in [-0.25, -0.2) is 9.78 Å². The van der Waals surface area contributed by atoms with Gasteiger partial charge in [0.1, 0.15) is 4.83 Å². The largest absolute Gasteiger partial charge is 0.461 e. The van der Waals surface area contributed by atoms with Gasteiger partial charge in [0.15, 0.2) is 11.6 Å². The Kier molecular flexibility index (Phi) is 3.61. The molecule has 0 fully saturated rings. The number of carbonyl (C=O) groups is 1. The summed E-state index contributed by atoms with van der Waals surface area (Å²) in [6, 6.07) is 3.50. The number of nitrogens with one attached hydrogen (secondary N) is 1. The lowest BCUT2D eigenvalue weighted by atomic mass is 10.1. The summed E-state index contributed by atoms with van der Waals surface area (Å²) in [5.41, 5.74) is 0.809. The summed E-state index contributed by atoms with van der Waals surface area (Å²) in [7, 11) is 0. The number of hydrogen-bond acceptors (Lipinski definition) is 6. The van der Waals surface area contributed by atoms with Crippen LogP contribution in [0.25, 0.3) is 21.8 Å². The van der Waals surface area contributed by atoms with E-state index < -0.39 is 0 Å². The van der Waals surface area contributed by atoms with E-state index in [1.165, 1.54) is 17.6 Å². The number of H-pyrrole nitrogens is 1. The minimum atomic E-state index is -0.321. The average molecular weight is 345 g/mol. The van der Waals surface area contributed by atoms with Gasteiger partial charge < -0.3 is 19.0 Å². The number of amides is 1. The van der Waals surface area contributed by atoms with Gasteiger partial charge in [0.25, 0.3) is 5.56 Å². The first-order chi connectivity index (χ1) is 11.7. The van der Waals surface area contributed by atoms with Crippen molar-refractivity contribution in [2.75, 3.05) is 13.2 Å². The fourth-order valence-electron chi connectivity index (χ4n) is 2.90. The van der Waals surface area contributed by atoms with Crippen molar-refractivity contribution in [3.05, 3.63) is 39.2 Å². The van der Waals surface area contributed by atoms with Crippen molar-refractivity contribution in [1.82, 2.24) is 14.9 Å². The zero-order valence-corrected chi connectivity index (χ0v) is 13.8. The van der Waals surface area contributed by atoms with E-state index in [-0.39, 0.29) is 11.7 Å². The molecule has 1 aliphatic heterocycles. The number of nitrogens with zero attached hydrogens (tertiary/aromatic N) is 2. The van der Waals surface area contributed by atoms with Crippen LogP contribution in [0.1, 0.15) is 17.4 Å². The molecular weight excluding hydrogens is 330 g/mol. The Balaban J connectivity index is 1.76. The summed E-state index contributed by atoms with van der Waals surface area (Å²) < 4.78 is 10.4. The Morgan fingerprint density at radius 2 is 2.42 bits per heavy atom. The molecule has 1 N–H and O–H groups in total. The Morgan fingerprint density at radius 1 is 1.54 bits per heavy atom. The van der Waals surface area contributed by atoms with Crippen molar-refractivity contribution >= 4 is 27.6 Å². The lowest BCUT2D eigenvalue weighted by molar-refractivity contribution is 0.103. The van der Waals surface area contributed by atoms with E-state index in [2.05, 4.69) is 9.97 Å². The lowest BCUT2D eigenvalue weighted by Crippen LogP contribution is -2.35. The monoisotopic (exact) mass is 345 g/mol. The molecule has 1 amide bonds. The topological polar surface area (TPSA) is 88.4 Å². The molecule has 4 heterocycles. The molecule has 3 aromatic heterocycles. The molecule has 3 aromatic rings. The van der Waals surface area contributed by atoms with Crippen LogP contribution in [0.4, 0.5) is 4.79 Å². The second-order valence-electron chi connectivity index (χ2n) is 5.45. The minimum absolute atomic E-state index is 0.173. The number of ether oxygens (including phenoxy) is 1. The minimum Gasteiger partial charge on any atom is -0.461 e. The highest BCUT2D eigenvalue weighted by molar-refractivity contribution is 7.18. The number of rotatable bonds is 2. The van der Waals surface area contributed by atoms with Gasteiger partial charge in [0, 0.05) is 11.4 Å². The summed E-state index contributed by atoms with van der Waals surface area (Å²) >= 11 is 1.44. The van der Waals surface area contributed by atoms with Crippen molar-refractivity contribution in [2.24, 2.45) is 0 Å². The molecule has 0 saturated carbocycles. The Bertz CT molecular complexity index is 958. The second-order valence-corrected chi connectivity index (χ2v) is 6.53. The van der Waals surface area contributed by atoms with Crippen molar-refractivity contribution in [2.45, 2.75) is 19.9 Å². The van der Waals surface area contributed by atoms with E-state index in [0.29, 0.717) is 47.9 Å². The van der Waals surface area contributed by atoms with Crippen molar-refractivity contribution in [3.8, 4) is 11.6 Å². The van der Waals surface area contributed by atoms with Crippen molar-refractivity contribution in [1.29, 1.82) is 0 Å². The molecule has 0 aliphatic carbocycles. The lowest BCUT2D eigenvalue weighted by Gasteiger charge is -2.25. The smallest absolute Gasteiger partial charge is 0.410 e. The maximum Gasteiger partial charge on any atom is 0.410 e. The van der Waals surface area contributed by atoms with E-state index >= 15 is 0 Å². The van der Waals surface area contributed by atoms with Crippen LogP contribution in [0, 0.1) is 0 Å². The fraction of sp³-hybridized carbons (Fsp3) is 0.312. The normalized spacial score (nSPS) is 14.0. The van der Waals surface area contributed by atoms with Crippen LogP contribution in [0.5, 0.6) is 0 Å². The maximum atomic E-state index is 12.5. The number of carbonyl (C=O) groups excluding carboxylic acids is 1. The zero-order valence-electron chi connectivity index (χ0n) is 13.0. The van der Waals surface area contributed by atoms with E-state index in [9.17, 15) is 9.59 Å². The van der Waals surface area contributed by atoms with Gasteiger partial charge in [0.05, 0.1) is 24.8 Å². The Morgan fingerprint density at radius 3 is 3.17 bits per heavy atom. The Hall–Kier alpha value is -2.61. The van der Waals surface area contributed by atoms with Crippen LogP contribution in [-0.4, -0.2) is 34.1 Å². The molecule has 0 unspecified atom stereocenters. The second kappa shape index (κ2) is 5.79. The molecule has 0 radical (unpaired) electrons. The maximum absolute atomic E-state index is 12.5. The van der Waals surface area contributed by atoms with Crippen LogP contribution in [0.3, 0.4) is 0 Å². The van der Waals surface area contributed by atoms with Crippen LogP contribution in [-0.2, 0) is 17.7 Å². The van der Waals surface area contributed by atoms with Crippen molar-refractivity contribution < 1.29 is 13.9 Å². The summed E-state index contributed by atoms with van der Waals surface area (Å²) in [4.78, 5) is 35.0. The van der Waals surface area contributed by atoms with Gasteiger partial charge in [0.2, 0.25) is 0 Å². The summed E-state index contributed by atoms with van der Waals surface area (Å²) in [6.07, 6.45) is 1.84. The quantitative estimate of drug-likeness (QED) is 0.771. The first kappa shape index (κ1) is 14.9. The molecule has 1 aliphatic rings. The first-order valence-corrected chi connectivity index (χ1v) is 8.49. The fourth-order valence-corrected chi connectivity index (χ4v) is 4.14. The summed E-state index contributed by atoms with van der Waals surface area (Å²) in [5, 5.41) is 0.619. The molecule has 8 heteroatoms. The molecule has 0 saturated heterocycles. The van der Waals surface area contributed by atoms with Gasteiger partial charge in [-0.05, 0) is 31.0 Å². The van der Waals surface area contributed by atoms with Gasteiger partial charge in [-0.1, -0.05) is 0 Å². The highest BCUT2D eigenvalue weighted by atomic mass is 32.1. The summed E-state index contributed by atoms with van der Waals surface area (Å²) in [6.45, 7) is 3.12. The standard InChI is InChI=1S/C16H15N3O4S/c1-2-22-16(21)19-6-5-9-11(8-19)24-15-12(9)14(20)17-13(18-15)10-4-3-7-23-10/h3-4,7H,2,5-6,8H2,1H3,(H,17,18,20). The van der Waals surface area contributed by atoms with E-state index in [1.54, 1.807) is 24.0 Å². The number of hydrogen-bond donors (Lipinski definition) is 1. The molecule has 0 bridgehead atoms. The number of fused-ring (bicyclic) bond motifs is 3. The van der Waals surface area contributed by atoms with Gasteiger partial charge >= 0.3 is 6.09 Å². The van der Waals surface area contributed by atoms with Crippen LogP contribution >= 0.6 is 11.3 Å². The van der Waals surface area contributed by atoms with Crippen LogP contribution in [0.15, 0.2) is 27.6 Å². The highest BCUT2D eigenvalue weighted by Gasteiger charge is 2.27. The predicted molar refractivity (Wildman–Crippen MR) is 89.1 cm³/mol. The van der Waals surface area contributed by atoms with Gasteiger partial charge in [-0.15, -0.1) is 11.3 Å². The predicted octanol–water partition coefficient (Wildman–Crippen LogP) is 2.76. The zero-order chi connectivity index (χ0) is 16.7. The number of thiophene rings is 1. The molecule has 124 valence electrons. The van der Waals surface area contributed by atoms with Gasteiger partial charge in [-0.3, -0.25) is 4.79 Å². The third-order valence-corrected chi connectivity index (χ3v) is 5.10. The van der Waals surface area contributed by atoms with Crippen molar-refractivity contribution in [3.63, 3.8) is 0 Å². The van der Waals surface area contributed by atoms with E-state index in [4.69, 9.17) is 9.15 Å². The van der Waals surface area contributed by atoms with Crippen LogP contribution in [0.2, 0.25) is 0 Å². The molecule has 4 rings (SSSR count). The average Bonchev–Trinajstić information content (AvgIpc) is 3.21. The summed E-state index contributed by atoms with van der Waals surface area (Å²) in [5.74, 6) is 0.937. The molecule has 24 heavy (non-hydrogen) atoms. The molecular formula is C16H15N3O4S. The van der Waals surface area contributed by atoms with E-state index in [1.807, 2.05) is 0 Å². The third kappa shape index (κ3) is 2.39. The number of aromatic amines is 1. The number of aromatic nitrogens is 2. The van der Waals surface area contributed by atoms with Gasteiger partial charge in [-0.2, -0.15) is 0 Å². The molecule has 0 spiro atoms. The number of furan rings is 1. The first-order valence-electron chi connectivity index (χ1n) is 7.67. The molecule has 7 nitrogen and oxygen atoms in total. The highest BCUT2D eigenvalue weighted by Crippen LogP contribution is 2.33. The Labute approximate surface area is 140 Å². The van der Waals surface area contributed by atoms with E-state index in [0.717, 1.165) is 10.4 Å². The SMILES string of the molecule is CCOC(=O)N1CCc2c(sc3nc(-c4ccco4)[nH]c(=O)c23)C1.